The minimum Gasteiger partial charge on any atom is -0.502 e. The molecule has 1 unspecified atom stereocenters. The molecule has 1 aromatic carbocycles. The van der Waals surface area contributed by atoms with Crippen LogP contribution in [0.5, 0.6) is 23.0 Å². The Bertz CT molecular complexity index is 389. The zero-order chi connectivity index (χ0) is 13.0. The molecule has 1 rings (SSSR count). The van der Waals surface area contributed by atoms with E-state index in [4.69, 9.17) is 19.3 Å². The van der Waals surface area contributed by atoms with Crippen molar-refractivity contribution >= 4 is 5.97 Å². The van der Waals surface area contributed by atoms with Crippen molar-refractivity contribution < 1.29 is 29.2 Å². The molecule has 94 valence electrons. The van der Waals surface area contributed by atoms with Gasteiger partial charge in [-0.05, 0) is 6.92 Å². The molecular formula is C11H14O6. The van der Waals surface area contributed by atoms with Gasteiger partial charge in [-0.1, -0.05) is 0 Å². The standard InChI is InChI=1S/C11H14O6/c1-6(11(13)14)17-7-4-8(15-2)10(12)9(5-7)16-3/h4-6,12H,1-3H3,(H,13,14). The SMILES string of the molecule is COc1cc(OC(C)C(=O)O)cc(OC)c1O. The van der Waals surface area contributed by atoms with Crippen molar-refractivity contribution in [2.45, 2.75) is 13.0 Å². The lowest BCUT2D eigenvalue weighted by atomic mass is 10.2. The summed E-state index contributed by atoms with van der Waals surface area (Å²) in [5.41, 5.74) is 0. The fourth-order valence-corrected chi connectivity index (χ4v) is 1.19. The van der Waals surface area contributed by atoms with E-state index in [1.165, 1.54) is 33.3 Å². The van der Waals surface area contributed by atoms with Gasteiger partial charge in [0.05, 0.1) is 14.2 Å². The molecule has 2 N–H and O–H groups in total. The van der Waals surface area contributed by atoms with E-state index in [9.17, 15) is 9.90 Å². The Hall–Kier alpha value is -2.11. The number of hydrogen-bond donors (Lipinski definition) is 2. The molecular weight excluding hydrogens is 228 g/mol. The number of carbonyl (C=O) groups is 1. The normalized spacial score (nSPS) is 11.7. The van der Waals surface area contributed by atoms with E-state index in [2.05, 4.69) is 0 Å². The topological polar surface area (TPSA) is 85.2 Å². The monoisotopic (exact) mass is 242 g/mol. The molecule has 17 heavy (non-hydrogen) atoms. The maximum Gasteiger partial charge on any atom is 0.344 e. The third kappa shape index (κ3) is 2.93. The van der Waals surface area contributed by atoms with Crippen molar-refractivity contribution in [3.8, 4) is 23.0 Å². The van der Waals surface area contributed by atoms with Gasteiger partial charge in [0.15, 0.2) is 17.6 Å². The van der Waals surface area contributed by atoms with Crippen molar-refractivity contribution in [2.75, 3.05) is 14.2 Å². The number of aliphatic carboxylic acids is 1. The number of benzene rings is 1. The number of ether oxygens (including phenoxy) is 3. The van der Waals surface area contributed by atoms with Crippen molar-refractivity contribution in [1.29, 1.82) is 0 Å². The molecule has 0 fully saturated rings. The van der Waals surface area contributed by atoms with Crippen LogP contribution in [0.4, 0.5) is 0 Å². The zero-order valence-corrected chi connectivity index (χ0v) is 9.76. The second-order valence-electron chi connectivity index (χ2n) is 3.27. The molecule has 0 aliphatic heterocycles. The highest BCUT2D eigenvalue weighted by Crippen LogP contribution is 2.40. The van der Waals surface area contributed by atoms with Crippen LogP contribution in [-0.4, -0.2) is 36.5 Å². The molecule has 0 saturated carbocycles. The molecule has 0 aliphatic rings. The van der Waals surface area contributed by atoms with Gasteiger partial charge in [-0.25, -0.2) is 4.79 Å². The number of phenolic OH excluding ortho intramolecular Hbond substituents is 1. The van der Waals surface area contributed by atoms with E-state index < -0.39 is 12.1 Å². The van der Waals surface area contributed by atoms with Crippen LogP contribution in [0.1, 0.15) is 6.92 Å². The average molecular weight is 242 g/mol. The van der Waals surface area contributed by atoms with Gasteiger partial charge in [-0.2, -0.15) is 0 Å². The van der Waals surface area contributed by atoms with E-state index in [1.807, 2.05) is 0 Å². The predicted molar refractivity (Wildman–Crippen MR) is 58.9 cm³/mol. The average Bonchev–Trinajstić information content (AvgIpc) is 2.30. The first-order valence-corrected chi connectivity index (χ1v) is 4.84. The number of aromatic hydroxyl groups is 1. The Balaban J connectivity index is 3.05. The highest BCUT2D eigenvalue weighted by molar-refractivity contribution is 5.72. The van der Waals surface area contributed by atoms with Gasteiger partial charge < -0.3 is 24.4 Å². The van der Waals surface area contributed by atoms with Gasteiger partial charge in [0, 0.05) is 12.1 Å². The highest BCUT2D eigenvalue weighted by Gasteiger charge is 2.16. The van der Waals surface area contributed by atoms with Crippen LogP contribution in [0.3, 0.4) is 0 Å². The zero-order valence-electron chi connectivity index (χ0n) is 9.76. The number of methoxy groups -OCH3 is 2. The van der Waals surface area contributed by atoms with Crippen LogP contribution in [0.15, 0.2) is 12.1 Å². The summed E-state index contributed by atoms with van der Waals surface area (Å²) in [7, 11) is 2.75. The van der Waals surface area contributed by atoms with Crippen LogP contribution in [0.2, 0.25) is 0 Å². The summed E-state index contributed by atoms with van der Waals surface area (Å²) in [6, 6.07) is 2.77. The first kappa shape index (κ1) is 13.0. The van der Waals surface area contributed by atoms with Gasteiger partial charge in [0.2, 0.25) is 5.75 Å². The molecule has 1 atom stereocenters. The third-order valence-corrected chi connectivity index (χ3v) is 2.11. The van der Waals surface area contributed by atoms with Crippen molar-refractivity contribution in [1.82, 2.24) is 0 Å². The van der Waals surface area contributed by atoms with E-state index in [0.29, 0.717) is 0 Å². The summed E-state index contributed by atoms with van der Waals surface area (Å²) in [6.07, 6.45) is -1.01. The summed E-state index contributed by atoms with van der Waals surface area (Å²) >= 11 is 0. The first-order valence-electron chi connectivity index (χ1n) is 4.84. The summed E-state index contributed by atoms with van der Waals surface area (Å²) in [5.74, 6) is -0.707. The van der Waals surface area contributed by atoms with Crippen LogP contribution < -0.4 is 14.2 Å². The number of carboxylic acids is 1. The van der Waals surface area contributed by atoms with Crippen LogP contribution in [0, 0.1) is 0 Å². The smallest absolute Gasteiger partial charge is 0.344 e. The maximum absolute atomic E-state index is 10.6. The molecule has 0 bridgehead atoms. The predicted octanol–water partition coefficient (Wildman–Crippen LogP) is 1.26. The minimum atomic E-state index is -1.09. The summed E-state index contributed by atoms with van der Waals surface area (Å²) in [4.78, 5) is 10.6. The Kier molecular flexibility index (Phi) is 4.03. The molecule has 0 spiro atoms. The summed E-state index contributed by atoms with van der Waals surface area (Å²) in [5, 5.41) is 18.3. The Morgan fingerprint density at radius 3 is 2.06 bits per heavy atom. The molecule has 6 heteroatoms. The lowest BCUT2D eigenvalue weighted by Gasteiger charge is -2.14. The first-order chi connectivity index (χ1) is 7.99. The van der Waals surface area contributed by atoms with Crippen LogP contribution >= 0.6 is 0 Å². The molecule has 1 aromatic rings. The molecule has 0 aliphatic carbocycles. The molecule has 0 saturated heterocycles. The van der Waals surface area contributed by atoms with Gasteiger partial charge in [0.1, 0.15) is 5.75 Å². The molecule has 0 aromatic heterocycles. The largest absolute Gasteiger partial charge is 0.502 e. The lowest BCUT2D eigenvalue weighted by Crippen LogP contribution is -2.22. The van der Waals surface area contributed by atoms with Gasteiger partial charge >= 0.3 is 5.97 Å². The molecule has 6 nitrogen and oxygen atoms in total. The van der Waals surface area contributed by atoms with E-state index in [0.717, 1.165) is 0 Å². The van der Waals surface area contributed by atoms with Crippen molar-refractivity contribution in [3.05, 3.63) is 12.1 Å². The fourth-order valence-electron chi connectivity index (χ4n) is 1.19. The highest BCUT2D eigenvalue weighted by atomic mass is 16.5. The molecule has 0 amide bonds. The summed E-state index contributed by atoms with van der Waals surface area (Å²) in [6.45, 7) is 1.40. The van der Waals surface area contributed by atoms with Gasteiger partial charge in [-0.15, -0.1) is 0 Å². The molecule has 0 heterocycles. The number of phenols is 1. The molecule has 0 radical (unpaired) electrons. The van der Waals surface area contributed by atoms with E-state index >= 15 is 0 Å². The number of carboxylic acid groups (broad SMARTS) is 1. The van der Waals surface area contributed by atoms with Crippen molar-refractivity contribution in [3.63, 3.8) is 0 Å². The Labute approximate surface area is 98.3 Å². The van der Waals surface area contributed by atoms with E-state index in [-0.39, 0.29) is 23.0 Å². The maximum atomic E-state index is 10.6. The van der Waals surface area contributed by atoms with Gasteiger partial charge in [0.25, 0.3) is 0 Å². The van der Waals surface area contributed by atoms with E-state index in [1.54, 1.807) is 0 Å². The lowest BCUT2D eigenvalue weighted by molar-refractivity contribution is -0.144. The Morgan fingerprint density at radius 2 is 1.71 bits per heavy atom. The van der Waals surface area contributed by atoms with Crippen molar-refractivity contribution in [2.24, 2.45) is 0 Å². The third-order valence-electron chi connectivity index (χ3n) is 2.11. The second kappa shape index (κ2) is 5.29. The fraction of sp³-hybridized carbons (Fsp3) is 0.364. The number of rotatable bonds is 5. The van der Waals surface area contributed by atoms with Crippen LogP contribution in [0.25, 0.3) is 0 Å². The Morgan fingerprint density at radius 1 is 1.24 bits per heavy atom. The number of hydrogen-bond acceptors (Lipinski definition) is 5. The minimum absolute atomic E-state index is 0.150. The van der Waals surface area contributed by atoms with Gasteiger partial charge in [-0.3, -0.25) is 0 Å². The quantitative estimate of drug-likeness (QED) is 0.808. The second-order valence-corrected chi connectivity index (χ2v) is 3.27. The summed E-state index contributed by atoms with van der Waals surface area (Å²) < 4.78 is 15.0. The van der Waals surface area contributed by atoms with Crippen LogP contribution in [-0.2, 0) is 4.79 Å².